The number of amides is 1. The Bertz CT molecular complexity index is 1040. The zero-order chi connectivity index (χ0) is 19.3. The first kappa shape index (κ1) is 18.5. The lowest BCUT2D eigenvalue weighted by Gasteiger charge is -2.28. The average molecular weight is 398 g/mol. The molecule has 2 aromatic heterocycles. The quantitative estimate of drug-likeness (QED) is 0.678. The van der Waals surface area contributed by atoms with Crippen LogP contribution in [0, 0.1) is 5.82 Å². The molecular formula is C20H19FN4O2S. The Morgan fingerprint density at radius 2 is 2.04 bits per heavy atom. The van der Waals surface area contributed by atoms with Crippen molar-refractivity contribution in [2.45, 2.75) is 6.54 Å². The normalized spacial score (nSPS) is 15.0. The van der Waals surface area contributed by atoms with Crippen LogP contribution in [0.15, 0.2) is 59.2 Å². The Hall–Kier alpha value is -2.84. The van der Waals surface area contributed by atoms with E-state index in [1.54, 1.807) is 47.3 Å². The highest BCUT2D eigenvalue weighted by molar-refractivity contribution is 7.07. The number of morpholine rings is 1. The van der Waals surface area contributed by atoms with Gasteiger partial charge in [-0.3, -0.25) is 4.79 Å². The Balaban J connectivity index is 1.63. The molecule has 0 aliphatic carbocycles. The third kappa shape index (κ3) is 4.02. The second-order valence-electron chi connectivity index (χ2n) is 6.30. The monoisotopic (exact) mass is 398 g/mol. The molecule has 8 heteroatoms. The molecule has 0 unspecified atom stereocenters. The van der Waals surface area contributed by atoms with E-state index in [-0.39, 0.29) is 11.7 Å². The molecule has 4 rings (SSSR count). The topological polar surface area (TPSA) is 59.7 Å². The van der Waals surface area contributed by atoms with E-state index in [9.17, 15) is 9.18 Å². The number of aromatic nitrogens is 2. The van der Waals surface area contributed by atoms with Crippen LogP contribution in [-0.4, -0.2) is 41.8 Å². The first-order chi connectivity index (χ1) is 13.7. The highest BCUT2D eigenvalue weighted by Crippen LogP contribution is 2.19. The zero-order valence-electron chi connectivity index (χ0n) is 15.1. The maximum Gasteiger partial charge on any atom is 0.283 e. The number of carbonyl (C=O) groups excluding carboxylic acids is 1. The summed E-state index contributed by atoms with van der Waals surface area (Å²) >= 11 is 1.34. The summed E-state index contributed by atoms with van der Waals surface area (Å²) in [5, 5.41) is 1.83. The lowest BCUT2D eigenvalue weighted by Crippen LogP contribution is -2.37. The number of ether oxygens (including phenoxy) is 1. The van der Waals surface area contributed by atoms with Crippen LogP contribution in [0.3, 0.4) is 0 Å². The predicted molar refractivity (Wildman–Crippen MR) is 105 cm³/mol. The minimum absolute atomic E-state index is 0.277. The van der Waals surface area contributed by atoms with E-state index in [2.05, 4.69) is 9.98 Å². The summed E-state index contributed by atoms with van der Waals surface area (Å²) in [7, 11) is 0. The molecule has 28 heavy (non-hydrogen) atoms. The fraction of sp³-hybridized carbons (Fsp3) is 0.250. The van der Waals surface area contributed by atoms with E-state index in [0.717, 1.165) is 0 Å². The standard InChI is InChI=1S/C20H19FN4O2S/c21-17-6-2-1-4-15(17)14-25-10-13-28-20(25)23-19(26)16-5-3-7-22-18(16)24-8-11-27-12-9-24/h1-7,10,13H,8-9,11-12,14H2. The van der Waals surface area contributed by atoms with Gasteiger partial charge in [0.15, 0.2) is 4.80 Å². The van der Waals surface area contributed by atoms with Crippen LogP contribution in [0.5, 0.6) is 0 Å². The minimum atomic E-state index is -0.362. The summed E-state index contributed by atoms with van der Waals surface area (Å²) in [5.41, 5.74) is 1.00. The summed E-state index contributed by atoms with van der Waals surface area (Å²) < 4.78 is 21.1. The van der Waals surface area contributed by atoms with Crippen LogP contribution in [0.25, 0.3) is 0 Å². The number of carbonyl (C=O) groups is 1. The molecule has 144 valence electrons. The van der Waals surface area contributed by atoms with Gasteiger partial charge in [-0.25, -0.2) is 9.37 Å². The van der Waals surface area contributed by atoms with Gasteiger partial charge in [-0.15, -0.1) is 11.3 Å². The molecule has 6 nitrogen and oxygen atoms in total. The summed E-state index contributed by atoms with van der Waals surface area (Å²) in [6.45, 7) is 2.89. The van der Waals surface area contributed by atoms with Crippen LogP contribution in [0.4, 0.5) is 10.2 Å². The number of nitrogens with zero attached hydrogens (tertiary/aromatic N) is 4. The molecular weight excluding hydrogens is 379 g/mol. The molecule has 1 saturated heterocycles. The van der Waals surface area contributed by atoms with E-state index >= 15 is 0 Å². The molecule has 0 spiro atoms. The van der Waals surface area contributed by atoms with E-state index in [1.807, 2.05) is 10.3 Å². The summed E-state index contributed by atoms with van der Waals surface area (Å²) in [6, 6.07) is 10.1. The van der Waals surface area contributed by atoms with Gasteiger partial charge in [0.25, 0.3) is 5.91 Å². The third-order valence-electron chi connectivity index (χ3n) is 4.48. The van der Waals surface area contributed by atoms with Gasteiger partial charge < -0.3 is 14.2 Å². The number of pyridine rings is 1. The van der Waals surface area contributed by atoms with Crippen molar-refractivity contribution in [2.24, 2.45) is 4.99 Å². The van der Waals surface area contributed by atoms with Crippen LogP contribution < -0.4 is 9.70 Å². The van der Waals surface area contributed by atoms with Gasteiger partial charge in [0.2, 0.25) is 0 Å². The van der Waals surface area contributed by atoms with Gasteiger partial charge >= 0.3 is 0 Å². The second kappa shape index (κ2) is 8.45. The highest BCUT2D eigenvalue weighted by atomic mass is 32.1. The Labute approximate surface area is 165 Å². The molecule has 0 radical (unpaired) electrons. The number of hydrogen-bond acceptors (Lipinski definition) is 5. The Kier molecular flexibility index (Phi) is 5.59. The van der Waals surface area contributed by atoms with Crippen molar-refractivity contribution >= 4 is 23.1 Å². The first-order valence-electron chi connectivity index (χ1n) is 8.96. The van der Waals surface area contributed by atoms with E-state index < -0.39 is 0 Å². The van der Waals surface area contributed by atoms with Gasteiger partial charge in [0.1, 0.15) is 11.6 Å². The van der Waals surface area contributed by atoms with Crippen molar-refractivity contribution in [1.82, 2.24) is 9.55 Å². The highest BCUT2D eigenvalue weighted by Gasteiger charge is 2.19. The molecule has 3 heterocycles. The average Bonchev–Trinajstić information content (AvgIpc) is 3.17. The van der Waals surface area contributed by atoms with Crippen LogP contribution >= 0.6 is 11.3 Å². The number of hydrogen-bond donors (Lipinski definition) is 0. The fourth-order valence-electron chi connectivity index (χ4n) is 3.06. The summed E-state index contributed by atoms with van der Waals surface area (Å²) in [4.78, 5) is 24.1. The van der Waals surface area contributed by atoms with Crippen molar-refractivity contribution in [1.29, 1.82) is 0 Å². The molecule has 0 bridgehead atoms. The predicted octanol–water partition coefficient (Wildman–Crippen LogP) is 2.71. The summed E-state index contributed by atoms with van der Waals surface area (Å²) in [6.07, 6.45) is 3.47. The summed E-state index contributed by atoms with van der Waals surface area (Å²) in [5.74, 6) is -0.0172. The SMILES string of the molecule is O=C(N=c1sccn1Cc1ccccc1F)c1cccnc1N1CCOCC1. The van der Waals surface area contributed by atoms with Crippen molar-refractivity contribution < 1.29 is 13.9 Å². The molecule has 3 aromatic rings. The van der Waals surface area contributed by atoms with Crippen molar-refractivity contribution in [3.8, 4) is 0 Å². The van der Waals surface area contributed by atoms with Crippen molar-refractivity contribution in [3.63, 3.8) is 0 Å². The first-order valence-corrected chi connectivity index (χ1v) is 9.84. The van der Waals surface area contributed by atoms with Gasteiger partial charge in [-0.05, 0) is 18.2 Å². The van der Waals surface area contributed by atoms with Gasteiger partial charge in [0, 0.05) is 36.4 Å². The van der Waals surface area contributed by atoms with Crippen molar-refractivity contribution in [2.75, 3.05) is 31.2 Å². The number of benzene rings is 1. The lowest BCUT2D eigenvalue weighted by molar-refractivity contribution is 0.0995. The van der Waals surface area contributed by atoms with Crippen LogP contribution in [0.2, 0.25) is 0 Å². The van der Waals surface area contributed by atoms with Gasteiger partial charge in [-0.1, -0.05) is 18.2 Å². The maximum absolute atomic E-state index is 14.0. The third-order valence-corrected chi connectivity index (χ3v) is 5.28. The molecule has 0 N–H and O–H groups in total. The van der Waals surface area contributed by atoms with Crippen LogP contribution in [0.1, 0.15) is 15.9 Å². The molecule has 1 aliphatic rings. The van der Waals surface area contributed by atoms with Crippen molar-refractivity contribution in [3.05, 3.63) is 75.9 Å². The largest absolute Gasteiger partial charge is 0.378 e. The zero-order valence-corrected chi connectivity index (χ0v) is 15.9. The maximum atomic E-state index is 14.0. The lowest BCUT2D eigenvalue weighted by atomic mass is 10.2. The molecule has 1 amide bonds. The molecule has 1 aliphatic heterocycles. The number of anilines is 1. The van der Waals surface area contributed by atoms with E-state index in [0.29, 0.717) is 54.6 Å². The Morgan fingerprint density at radius 1 is 1.21 bits per heavy atom. The van der Waals surface area contributed by atoms with E-state index in [4.69, 9.17) is 4.74 Å². The molecule has 0 atom stereocenters. The Morgan fingerprint density at radius 3 is 2.86 bits per heavy atom. The molecule has 1 fully saturated rings. The van der Waals surface area contributed by atoms with Gasteiger partial charge in [-0.2, -0.15) is 4.99 Å². The van der Waals surface area contributed by atoms with E-state index in [1.165, 1.54) is 17.4 Å². The minimum Gasteiger partial charge on any atom is -0.378 e. The van der Waals surface area contributed by atoms with Gasteiger partial charge in [0.05, 0.1) is 25.3 Å². The number of rotatable bonds is 4. The fourth-order valence-corrected chi connectivity index (χ4v) is 3.78. The number of halogens is 1. The van der Waals surface area contributed by atoms with Crippen LogP contribution in [-0.2, 0) is 11.3 Å². The molecule has 1 aromatic carbocycles. The smallest absolute Gasteiger partial charge is 0.283 e. The molecule has 0 saturated carbocycles. The number of thiazole rings is 1. The second-order valence-corrected chi connectivity index (χ2v) is 7.17.